The molecule has 0 radical (unpaired) electrons. The zero-order valence-electron chi connectivity index (χ0n) is 26.3. The maximum absolute atomic E-state index is 14.1. The van der Waals surface area contributed by atoms with E-state index in [1.807, 2.05) is 24.3 Å². The maximum Gasteiger partial charge on any atom is 0.226 e. The summed E-state index contributed by atoms with van der Waals surface area (Å²) in [6.07, 6.45) is 10.9. The number of rotatable bonds is 5. The minimum Gasteiger partial charge on any atom is -0.393 e. The third-order valence-electron chi connectivity index (χ3n) is 14.1. The number of fused-ring (bicyclic) bond motifs is 5. The number of nitrogens with one attached hydrogen (secondary N) is 1. The van der Waals surface area contributed by atoms with E-state index in [9.17, 15) is 15.2 Å². The van der Waals surface area contributed by atoms with Gasteiger partial charge in [-0.25, -0.2) is 0 Å². The quantitative estimate of drug-likeness (QED) is 0.393. The molecular formula is C36H54N2O2. The van der Waals surface area contributed by atoms with Crippen molar-refractivity contribution in [3.63, 3.8) is 0 Å². The van der Waals surface area contributed by atoms with Gasteiger partial charge in [0.2, 0.25) is 5.91 Å². The van der Waals surface area contributed by atoms with Crippen molar-refractivity contribution in [3.05, 3.63) is 35.4 Å². The van der Waals surface area contributed by atoms with Crippen LogP contribution in [-0.2, 0) is 11.3 Å². The van der Waals surface area contributed by atoms with Crippen molar-refractivity contribution in [3.8, 4) is 6.07 Å². The Morgan fingerprint density at radius 1 is 1.00 bits per heavy atom. The number of nitriles is 1. The minimum absolute atomic E-state index is 0.0208. The Morgan fingerprint density at radius 3 is 2.45 bits per heavy atom. The lowest BCUT2D eigenvalue weighted by molar-refractivity contribution is -0.246. The van der Waals surface area contributed by atoms with Crippen LogP contribution in [0.25, 0.3) is 0 Å². The van der Waals surface area contributed by atoms with Crippen LogP contribution in [-0.4, -0.2) is 17.1 Å². The number of carbonyl (C=O) groups is 1. The first-order chi connectivity index (χ1) is 18.8. The van der Waals surface area contributed by atoms with Crippen LogP contribution in [0.2, 0.25) is 0 Å². The zero-order valence-corrected chi connectivity index (χ0v) is 26.3. The smallest absolute Gasteiger partial charge is 0.226 e. The van der Waals surface area contributed by atoms with Crippen LogP contribution in [0, 0.1) is 62.1 Å². The number of aliphatic hydroxyl groups excluding tert-OH is 1. The highest BCUT2D eigenvalue weighted by Gasteiger charge is 2.69. The van der Waals surface area contributed by atoms with Crippen molar-refractivity contribution in [2.75, 3.05) is 0 Å². The second-order valence-corrected chi connectivity index (χ2v) is 15.7. The number of amides is 1. The van der Waals surface area contributed by atoms with Crippen LogP contribution in [0.15, 0.2) is 24.3 Å². The van der Waals surface area contributed by atoms with E-state index in [0.29, 0.717) is 35.8 Å². The Balaban J connectivity index is 1.41. The normalized spacial score (nSPS) is 43.9. The fourth-order valence-electron chi connectivity index (χ4n) is 11.7. The van der Waals surface area contributed by atoms with Gasteiger partial charge in [-0.05, 0) is 121 Å². The summed E-state index contributed by atoms with van der Waals surface area (Å²) in [6.45, 7) is 17.6. The van der Waals surface area contributed by atoms with Crippen molar-refractivity contribution in [1.29, 1.82) is 5.26 Å². The van der Waals surface area contributed by atoms with E-state index in [2.05, 4.69) is 59.9 Å². The van der Waals surface area contributed by atoms with Crippen molar-refractivity contribution < 1.29 is 9.90 Å². The third-order valence-corrected chi connectivity index (χ3v) is 14.1. The number of hydrogen-bond donors (Lipinski definition) is 2. The van der Waals surface area contributed by atoms with E-state index in [1.54, 1.807) is 0 Å². The number of carbonyl (C=O) groups excluding carboxylic acids is 1. The molecule has 4 fully saturated rings. The zero-order chi connectivity index (χ0) is 29.1. The van der Waals surface area contributed by atoms with Crippen LogP contribution >= 0.6 is 0 Å². The lowest BCUT2D eigenvalue weighted by Crippen LogP contribution is -2.67. The van der Waals surface area contributed by atoms with Gasteiger partial charge in [0.05, 0.1) is 23.2 Å². The molecule has 2 N–H and O–H groups in total. The Bertz CT molecular complexity index is 1170. The number of benzene rings is 1. The summed E-state index contributed by atoms with van der Waals surface area (Å²) in [6, 6.07) is 9.82. The number of aliphatic hydroxyl groups is 1. The first kappa shape index (κ1) is 29.6. The Labute approximate surface area is 243 Å². The predicted octanol–water partition coefficient (Wildman–Crippen LogP) is 8.03. The van der Waals surface area contributed by atoms with Crippen LogP contribution in [0.4, 0.5) is 0 Å². The first-order valence-corrected chi connectivity index (χ1v) is 16.3. The van der Waals surface area contributed by atoms with Crippen molar-refractivity contribution in [2.24, 2.45) is 50.7 Å². The van der Waals surface area contributed by atoms with E-state index in [0.717, 1.165) is 44.1 Å². The second-order valence-electron chi connectivity index (χ2n) is 15.7. The molecule has 0 aliphatic heterocycles. The molecule has 1 aromatic carbocycles. The Kier molecular flexibility index (Phi) is 7.52. The molecular weight excluding hydrogens is 492 g/mol. The average Bonchev–Trinajstić information content (AvgIpc) is 2.92. The van der Waals surface area contributed by atoms with E-state index in [4.69, 9.17) is 0 Å². The van der Waals surface area contributed by atoms with Gasteiger partial charge in [0.1, 0.15) is 0 Å². The van der Waals surface area contributed by atoms with Crippen molar-refractivity contribution >= 4 is 5.91 Å². The van der Waals surface area contributed by atoms with E-state index < -0.39 is 0 Å². The van der Waals surface area contributed by atoms with Crippen LogP contribution in [0.3, 0.4) is 0 Å². The molecule has 5 rings (SSSR count). The fourth-order valence-corrected chi connectivity index (χ4v) is 11.7. The second kappa shape index (κ2) is 10.1. The van der Waals surface area contributed by atoms with Crippen molar-refractivity contribution in [1.82, 2.24) is 5.32 Å². The Morgan fingerprint density at radius 2 is 1.75 bits per heavy atom. The standard InChI is InChI=1S/C36H54N2O2/c1-8-16-36(31(40)38-23-26-11-9-10-25(21-26)22-37)20-19-34(6)27(24(36)2)12-13-29-33(5)17-15-30(39)32(3,4)28(33)14-18-35(29,34)7/h9-11,21,24,27-30,39H,8,12-20,23H2,1-7H3,(H,38,40)/t24?,27?,28?,29?,30?,33?,34-,35?,36?/m1/s1. The van der Waals surface area contributed by atoms with Gasteiger partial charge in [-0.15, -0.1) is 0 Å². The molecule has 9 atom stereocenters. The van der Waals surface area contributed by atoms with E-state index in [-0.39, 0.29) is 39.1 Å². The van der Waals surface area contributed by atoms with Gasteiger partial charge in [0, 0.05) is 6.54 Å². The van der Waals surface area contributed by atoms with Crippen LogP contribution in [0.5, 0.6) is 0 Å². The van der Waals surface area contributed by atoms with Crippen LogP contribution in [0.1, 0.15) is 124 Å². The molecule has 220 valence electrons. The summed E-state index contributed by atoms with van der Waals surface area (Å²) >= 11 is 0. The topological polar surface area (TPSA) is 73.1 Å². The summed E-state index contributed by atoms with van der Waals surface area (Å²) < 4.78 is 0. The highest BCUT2D eigenvalue weighted by Crippen LogP contribution is 2.75. The summed E-state index contributed by atoms with van der Waals surface area (Å²) in [5.41, 5.74) is 2.05. The molecule has 0 saturated heterocycles. The molecule has 0 bridgehead atoms. The molecule has 8 unspecified atom stereocenters. The minimum atomic E-state index is -0.326. The third kappa shape index (κ3) is 4.11. The molecule has 1 aromatic rings. The number of nitrogens with zero attached hydrogens (tertiary/aromatic N) is 1. The molecule has 0 spiro atoms. The summed E-state index contributed by atoms with van der Waals surface area (Å²) in [5, 5.41) is 23.6. The van der Waals surface area contributed by atoms with Crippen molar-refractivity contribution in [2.45, 2.75) is 125 Å². The fraction of sp³-hybridized carbons (Fsp3) is 0.778. The van der Waals surface area contributed by atoms with Gasteiger partial charge < -0.3 is 10.4 Å². The largest absolute Gasteiger partial charge is 0.393 e. The van der Waals surface area contributed by atoms with Gasteiger partial charge >= 0.3 is 0 Å². The molecule has 4 heteroatoms. The van der Waals surface area contributed by atoms with Gasteiger partial charge in [-0.3, -0.25) is 4.79 Å². The van der Waals surface area contributed by atoms with Gasteiger partial charge in [0.15, 0.2) is 0 Å². The lowest BCUT2D eigenvalue weighted by Gasteiger charge is -2.72. The highest BCUT2D eigenvalue weighted by molar-refractivity contribution is 5.83. The molecule has 4 aliphatic carbocycles. The molecule has 1 amide bonds. The highest BCUT2D eigenvalue weighted by atomic mass is 16.3. The molecule has 4 nitrogen and oxygen atoms in total. The number of hydrogen-bond acceptors (Lipinski definition) is 3. The van der Waals surface area contributed by atoms with E-state index >= 15 is 0 Å². The first-order valence-electron chi connectivity index (χ1n) is 16.3. The molecule has 0 aromatic heterocycles. The van der Waals surface area contributed by atoms with Gasteiger partial charge in [0.25, 0.3) is 0 Å². The maximum atomic E-state index is 14.1. The molecule has 0 heterocycles. The predicted molar refractivity (Wildman–Crippen MR) is 161 cm³/mol. The SMILES string of the molecule is CCCC1(C(=O)NCc2cccc(C#N)c2)CC[C@]2(C)C(CCC3C4(C)CCC(O)C(C)(C)C4CCC32C)C1C. The lowest BCUT2D eigenvalue weighted by atomic mass is 9.32. The molecule has 40 heavy (non-hydrogen) atoms. The molecule has 4 saturated carbocycles. The van der Waals surface area contributed by atoms with Gasteiger partial charge in [-0.2, -0.15) is 5.26 Å². The van der Waals surface area contributed by atoms with Crippen LogP contribution < -0.4 is 5.32 Å². The summed E-state index contributed by atoms with van der Waals surface area (Å²) in [7, 11) is 0. The average molecular weight is 547 g/mol. The van der Waals surface area contributed by atoms with Gasteiger partial charge in [-0.1, -0.05) is 67.0 Å². The summed E-state index contributed by atoms with van der Waals surface area (Å²) in [4.78, 5) is 14.1. The Hall–Kier alpha value is -1.86. The molecule has 4 aliphatic rings. The summed E-state index contributed by atoms with van der Waals surface area (Å²) in [5.74, 6) is 2.36. The monoisotopic (exact) mass is 546 g/mol. The van der Waals surface area contributed by atoms with E-state index in [1.165, 1.54) is 25.7 Å².